The smallest absolute Gasteiger partial charge is 0.224 e. The van der Waals surface area contributed by atoms with Gasteiger partial charge >= 0.3 is 0 Å². The summed E-state index contributed by atoms with van der Waals surface area (Å²) in [5.41, 5.74) is 4.13. The lowest BCUT2D eigenvalue weighted by atomic mass is 10.0. The second kappa shape index (κ2) is 7.61. The Bertz CT molecular complexity index is 921. The second-order valence-corrected chi connectivity index (χ2v) is 7.40. The van der Waals surface area contributed by atoms with Gasteiger partial charge in [-0.15, -0.1) is 0 Å². The normalized spacial score (nSPS) is 16.1. The van der Waals surface area contributed by atoms with Gasteiger partial charge in [-0.05, 0) is 63.0 Å². The van der Waals surface area contributed by atoms with Gasteiger partial charge in [-0.1, -0.05) is 12.1 Å². The molecule has 2 aromatic heterocycles. The van der Waals surface area contributed by atoms with Crippen LogP contribution in [0.5, 0.6) is 0 Å². The Morgan fingerprint density at radius 3 is 2.74 bits per heavy atom. The Morgan fingerprint density at radius 2 is 2.00 bits per heavy atom. The van der Waals surface area contributed by atoms with E-state index in [2.05, 4.69) is 30.1 Å². The summed E-state index contributed by atoms with van der Waals surface area (Å²) in [5, 5.41) is 4.12. The number of nitrogens with one attached hydrogen (secondary N) is 1. The topological polar surface area (TPSA) is 58.6 Å². The zero-order valence-corrected chi connectivity index (χ0v) is 16.0. The molecule has 3 aromatic rings. The highest BCUT2D eigenvalue weighted by Gasteiger charge is 2.26. The SMILES string of the molecule is Cc1ccc2c(CC(=O)NC[C@H](c3ccco3)N3CCCC3)coc2c1C. The summed E-state index contributed by atoms with van der Waals surface area (Å²) in [6.45, 7) is 6.77. The summed E-state index contributed by atoms with van der Waals surface area (Å²) in [5.74, 6) is 0.920. The van der Waals surface area contributed by atoms with Gasteiger partial charge in [-0.2, -0.15) is 0 Å². The standard InChI is InChI=1S/C22H26N2O3/c1-15-7-8-18-17(14-27-22(18)16(15)2)12-21(25)23-13-19(20-6-5-11-26-20)24-9-3-4-10-24/h5-8,11,14,19H,3-4,9-10,12-13H2,1-2H3,(H,23,25)/t19-/m1/s1. The molecule has 1 amide bonds. The van der Waals surface area contributed by atoms with Crippen LogP contribution in [0.25, 0.3) is 11.0 Å². The number of carbonyl (C=O) groups is 1. The quantitative estimate of drug-likeness (QED) is 0.712. The van der Waals surface area contributed by atoms with Crippen molar-refractivity contribution in [2.45, 2.75) is 39.2 Å². The molecule has 4 rings (SSSR count). The Labute approximate surface area is 159 Å². The van der Waals surface area contributed by atoms with Gasteiger partial charge in [-0.3, -0.25) is 9.69 Å². The fraction of sp³-hybridized carbons (Fsp3) is 0.409. The van der Waals surface area contributed by atoms with Crippen LogP contribution in [0.2, 0.25) is 0 Å². The Balaban J connectivity index is 1.44. The largest absolute Gasteiger partial charge is 0.468 e. The first-order valence-electron chi connectivity index (χ1n) is 9.64. The molecule has 1 aliphatic heterocycles. The number of hydrogen-bond acceptors (Lipinski definition) is 4. The zero-order valence-electron chi connectivity index (χ0n) is 16.0. The van der Waals surface area contributed by atoms with Crippen LogP contribution in [0.15, 0.2) is 45.6 Å². The van der Waals surface area contributed by atoms with Crippen LogP contribution in [-0.2, 0) is 11.2 Å². The highest BCUT2D eigenvalue weighted by Crippen LogP contribution is 2.27. The number of nitrogens with zero attached hydrogens (tertiary/aromatic N) is 1. The zero-order chi connectivity index (χ0) is 18.8. The Morgan fingerprint density at radius 1 is 1.19 bits per heavy atom. The number of amides is 1. The third-order valence-corrected chi connectivity index (χ3v) is 5.64. The van der Waals surface area contributed by atoms with E-state index < -0.39 is 0 Å². The molecule has 5 nitrogen and oxygen atoms in total. The van der Waals surface area contributed by atoms with Gasteiger partial charge in [0.25, 0.3) is 0 Å². The minimum Gasteiger partial charge on any atom is -0.468 e. The summed E-state index contributed by atoms with van der Waals surface area (Å²) in [7, 11) is 0. The van der Waals surface area contributed by atoms with Crippen LogP contribution in [0.1, 0.15) is 41.3 Å². The van der Waals surface area contributed by atoms with E-state index in [9.17, 15) is 4.79 Å². The van der Waals surface area contributed by atoms with Crippen LogP contribution in [0, 0.1) is 13.8 Å². The number of rotatable bonds is 6. The molecular formula is C22H26N2O3. The van der Waals surface area contributed by atoms with Gasteiger partial charge in [0.15, 0.2) is 0 Å². The molecule has 1 aromatic carbocycles. The van der Waals surface area contributed by atoms with E-state index >= 15 is 0 Å². The molecule has 0 radical (unpaired) electrons. The molecule has 3 heterocycles. The molecule has 5 heteroatoms. The maximum Gasteiger partial charge on any atom is 0.224 e. The van der Waals surface area contributed by atoms with Crippen molar-refractivity contribution in [1.82, 2.24) is 10.2 Å². The summed E-state index contributed by atoms with van der Waals surface area (Å²) in [6.07, 6.45) is 6.12. The van der Waals surface area contributed by atoms with Crippen LogP contribution >= 0.6 is 0 Å². The molecule has 27 heavy (non-hydrogen) atoms. The summed E-state index contributed by atoms with van der Waals surface area (Å²) >= 11 is 0. The van der Waals surface area contributed by atoms with Crippen molar-refractivity contribution in [3.05, 3.63) is 59.2 Å². The van der Waals surface area contributed by atoms with E-state index in [-0.39, 0.29) is 11.9 Å². The van der Waals surface area contributed by atoms with E-state index in [1.54, 1.807) is 12.5 Å². The lowest BCUT2D eigenvalue weighted by molar-refractivity contribution is -0.120. The van der Waals surface area contributed by atoms with E-state index in [4.69, 9.17) is 8.83 Å². The highest BCUT2D eigenvalue weighted by atomic mass is 16.3. The maximum absolute atomic E-state index is 12.6. The van der Waals surface area contributed by atoms with Crippen LogP contribution in [0.4, 0.5) is 0 Å². The van der Waals surface area contributed by atoms with Crippen molar-refractivity contribution >= 4 is 16.9 Å². The second-order valence-electron chi connectivity index (χ2n) is 7.40. The molecular weight excluding hydrogens is 340 g/mol. The van der Waals surface area contributed by atoms with Crippen LogP contribution < -0.4 is 5.32 Å². The van der Waals surface area contributed by atoms with Crippen LogP contribution in [-0.4, -0.2) is 30.4 Å². The third kappa shape index (κ3) is 3.65. The summed E-state index contributed by atoms with van der Waals surface area (Å²) in [6, 6.07) is 8.11. The first-order chi connectivity index (χ1) is 13.1. The Hall–Kier alpha value is -2.53. The molecule has 0 spiro atoms. The van der Waals surface area contributed by atoms with Gasteiger partial charge in [0.2, 0.25) is 5.91 Å². The van der Waals surface area contributed by atoms with E-state index in [0.29, 0.717) is 13.0 Å². The molecule has 1 atom stereocenters. The van der Waals surface area contributed by atoms with Crippen LogP contribution in [0.3, 0.4) is 0 Å². The highest BCUT2D eigenvalue weighted by molar-refractivity contribution is 5.89. The number of furan rings is 2. The van der Waals surface area contributed by atoms with E-state index in [1.165, 1.54) is 18.4 Å². The third-order valence-electron chi connectivity index (χ3n) is 5.64. The van der Waals surface area contributed by atoms with Crippen molar-refractivity contribution in [2.75, 3.05) is 19.6 Å². The van der Waals surface area contributed by atoms with Crippen molar-refractivity contribution < 1.29 is 13.6 Å². The molecule has 0 bridgehead atoms. The summed E-state index contributed by atoms with van der Waals surface area (Å²) < 4.78 is 11.3. The van der Waals surface area contributed by atoms with Crippen molar-refractivity contribution in [1.29, 1.82) is 0 Å². The first-order valence-corrected chi connectivity index (χ1v) is 9.64. The number of fused-ring (bicyclic) bond motifs is 1. The molecule has 0 saturated carbocycles. The van der Waals surface area contributed by atoms with Gasteiger partial charge < -0.3 is 14.2 Å². The predicted molar refractivity (Wildman–Crippen MR) is 105 cm³/mol. The van der Waals surface area contributed by atoms with Gasteiger partial charge in [-0.25, -0.2) is 0 Å². The molecule has 142 valence electrons. The molecule has 1 saturated heterocycles. The lowest BCUT2D eigenvalue weighted by Gasteiger charge is -2.26. The van der Waals surface area contributed by atoms with Gasteiger partial charge in [0.1, 0.15) is 11.3 Å². The minimum atomic E-state index is 0.00619. The van der Waals surface area contributed by atoms with Crippen molar-refractivity contribution in [3.8, 4) is 0 Å². The average molecular weight is 366 g/mol. The summed E-state index contributed by atoms with van der Waals surface area (Å²) in [4.78, 5) is 15.0. The fourth-order valence-electron chi connectivity index (χ4n) is 3.92. The molecule has 1 N–H and O–H groups in total. The molecule has 0 unspecified atom stereocenters. The maximum atomic E-state index is 12.6. The fourth-order valence-corrected chi connectivity index (χ4v) is 3.92. The number of hydrogen-bond donors (Lipinski definition) is 1. The predicted octanol–water partition coefficient (Wildman–Crippen LogP) is 4.14. The monoisotopic (exact) mass is 366 g/mol. The molecule has 0 aliphatic carbocycles. The number of carbonyl (C=O) groups excluding carboxylic acids is 1. The number of likely N-dealkylation sites (tertiary alicyclic amines) is 1. The minimum absolute atomic E-state index is 0.00619. The van der Waals surface area contributed by atoms with Crippen molar-refractivity contribution in [3.63, 3.8) is 0 Å². The Kier molecular flexibility index (Phi) is 5.03. The number of aryl methyl sites for hydroxylation is 2. The molecule has 1 aliphatic rings. The van der Waals surface area contributed by atoms with E-state index in [1.807, 2.05) is 18.2 Å². The van der Waals surface area contributed by atoms with Gasteiger partial charge in [0.05, 0.1) is 25.0 Å². The van der Waals surface area contributed by atoms with E-state index in [0.717, 1.165) is 40.9 Å². The van der Waals surface area contributed by atoms with Crippen molar-refractivity contribution in [2.24, 2.45) is 0 Å². The first kappa shape index (κ1) is 17.9. The lowest BCUT2D eigenvalue weighted by Crippen LogP contribution is -2.37. The number of benzene rings is 1. The average Bonchev–Trinajstić information content (AvgIpc) is 3.41. The van der Waals surface area contributed by atoms with Gasteiger partial charge in [0, 0.05) is 17.5 Å². The molecule has 1 fully saturated rings.